The highest BCUT2D eigenvalue weighted by Gasteiger charge is 2.28. The normalized spacial score (nSPS) is 16.4. The lowest BCUT2D eigenvalue weighted by Crippen LogP contribution is -2.47. The quantitative estimate of drug-likeness (QED) is 0.208. The fraction of sp³-hybridized carbons (Fsp3) is 0.273. The molecule has 1 fully saturated rings. The lowest BCUT2D eigenvalue weighted by Gasteiger charge is -2.32. The number of nitrogens with zero attached hydrogens (tertiary/aromatic N) is 2. The molecule has 1 saturated carbocycles. The van der Waals surface area contributed by atoms with Gasteiger partial charge in [0.25, 0.3) is 0 Å². The topological polar surface area (TPSA) is 140 Å². The van der Waals surface area contributed by atoms with Gasteiger partial charge in [0.15, 0.2) is 5.69 Å². The molecular weight excluding hydrogens is 550 g/mol. The van der Waals surface area contributed by atoms with Crippen molar-refractivity contribution in [1.29, 1.82) is 0 Å². The third-order valence-corrected chi connectivity index (χ3v) is 7.45. The Kier molecular flexibility index (Phi) is 9.48. The molecule has 10 nitrogen and oxygen atoms in total. The first kappa shape index (κ1) is 29.5. The number of ether oxygens (including phenoxy) is 2. The van der Waals surface area contributed by atoms with Gasteiger partial charge in [-0.05, 0) is 47.2 Å². The monoisotopic (exact) mass is 583 g/mol. The van der Waals surface area contributed by atoms with E-state index in [9.17, 15) is 24.6 Å². The van der Waals surface area contributed by atoms with E-state index in [4.69, 9.17) is 9.47 Å². The largest absolute Gasteiger partial charge is 0.478 e. The molecule has 0 spiro atoms. The third kappa shape index (κ3) is 7.66. The number of carbonyl (C=O) groups excluding carboxylic acids is 1. The third-order valence-electron chi connectivity index (χ3n) is 7.45. The maximum Gasteiger partial charge on any atom is 0.356 e. The minimum absolute atomic E-state index is 0.0707. The summed E-state index contributed by atoms with van der Waals surface area (Å²) in [7, 11) is 0. The maximum atomic E-state index is 13.1. The molecule has 222 valence electrons. The van der Waals surface area contributed by atoms with E-state index in [-0.39, 0.29) is 48.3 Å². The predicted octanol–water partition coefficient (Wildman–Crippen LogP) is 5.17. The highest BCUT2D eigenvalue weighted by molar-refractivity contribution is 5.88. The van der Waals surface area contributed by atoms with E-state index in [0.29, 0.717) is 6.61 Å². The molecule has 10 heteroatoms. The molecule has 0 saturated heterocycles. The maximum absolute atomic E-state index is 13.1. The van der Waals surface area contributed by atoms with Crippen molar-refractivity contribution in [2.45, 2.75) is 57.6 Å². The number of hydrogen-bond donors (Lipinski definition) is 3. The number of benzene rings is 3. The molecule has 4 aromatic rings. The minimum Gasteiger partial charge on any atom is -0.478 e. The molecule has 0 aliphatic heterocycles. The molecule has 1 amide bonds. The summed E-state index contributed by atoms with van der Waals surface area (Å²) in [5.74, 6) is -2.41. The van der Waals surface area contributed by atoms with E-state index in [1.54, 1.807) is 12.1 Å². The predicted molar refractivity (Wildman–Crippen MR) is 158 cm³/mol. The number of hydrogen-bond acceptors (Lipinski definition) is 6. The van der Waals surface area contributed by atoms with Crippen LogP contribution in [0.5, 0.6) is 5.88 Å². The smallest absolute Gasteiger partial charge is 0.356 e. The Morgan fingerprint density at radius 2 is 1.58 bits per heavy atom. The number of carbonyl (C=O) groups is 3. The zero-order chi connectivity index (χ0) is 30.2. The summed E-state index contributed by atoms with van der Waals surface area (Å²) in [6, 6.07) is 25.0. The van der Waals surface area contributed by atoms with Crippen LogP contribution in [0.2, 0.25) is 0 Å². The van der Waals surface area contributed by atoms with E-state index in [2.05, 4.69) is 10.4 Å². The van der Waals surface area contributed by atoms with E-state index >= 15 is 0 Å². The number of carboxylic acids is 2. The Morgan fingerprint density at radius 1 is 0.860 bits per heavy atom. The van der Waals surface area contributed by atoms with Gasteiger partial charge in [-0.1, -0.05) is 79.6 Å². The van der Waals surface area contributed by atoms with E-state index in [1.165, 1.54) is 22.9 Å². The van der Waals surface area contributed by atoms with Crippen molar-refractivity contribution in [3.05, 3.63) is 107 Å². The summed E-state index contributed by atoms with van der Waals surface area (Å²) in [5, 5.41) is 25.9. The molecule has 1 heterocycles. The van der Waals surface area contributed by atoms with Crippen molar-refractivity contribution in [1.82, 2.24) is 15.1 Å². The van der Waals surface area contributed by atoms with Crippen molar-refractivity contribution in [2.24, 2.45) is 0 Å². The van der Waals surface area contributed by atoms with Crippen LogP contribution in [-0.2, 0) is 29.3 Å². The summed E-state index contributed by atoms with van der Waals surface area (Å²) >= 11 is 0. The van der Waals surface area contributed by atoms with Gasteiger partial charge in [0.1, 0.15) is 13.2 Å². The fourth-order valence-electron chi connectivity index (χ4n) is 5.23. The minimum atomic E-state index is -1.23. The lowest BCUT2D eigenvalue weighted by molar-refractivity contribution is -0.124. The summed E-state index contributed by atoms with van der Waals surface area (Å²) in [4.78, 5) is 36.1. The van der Waals surface area contributed by atoms with Crippen molar-refractivity contribution in [2.75, 3.05) is 0 Å². The van der Waals surface area contributed by atoms with Gasteiger partial charge < -0.3 is 25.0 Å². The number of rotatable bonds is 12. The van der Waals surface area contributed by atoms with Crippen LogP contribution in [0.4, 0.5) is 0 Å². The summed E-state index contributed by atoms with van der Waals surface area (Å²) < 4.78 is 13.4. The second kappa shape index (κ2) is 13.8. The van der Waals surface area contributed by atoms with Gasteiger partial charge in [-0.2, -0.15) is 5.10 Å². The Balaban J connectivity index is 1.26. The van der Waals surface area contributed by atoms with Crippen molar-refractivity contribution in [3.8, 4) is 17.0 Å². The van der Waals surface area contributed by atoms with Crippen molar-refractivity contribution in [3.63, 3.8) is 0 Å². The number of carboxylic acid groups (broad SMARTS) is 2. The SMILES string of the molecule is O=C(Cn1nc(C(=O)O)cc1OCc1ccccc1-c1ccc(C(=O)O)cc1)NC1CCCCC1OCc1ccccc1. The average Bonchev–Trinajstić information content (AvgIpc) is 3.43. The number of amides is 1. The first-order valence-electron chi connectivity index (χ1n) is 14.2. The van der Waals surface area contributed by atoms with Crippen molar-refractivity contribution < 1.29 is 34.1 Å². The standard InChI is InChI=1S/C33H33N3O7/c37-30(34-27-12-6-7-13-29(27)42-20-22-8-2-1-3-9-22)19-36-31(18-28(35-36)33(40)41)43-21-25-10-4-5-11-26(25)23-14-16-24(17-15-23)32(38)39/h1-5,8-11,14-18,27,29H,6-7,12-13,19-21H2,(H,34,37)(H,38,39)(H,40,41). The van der Waals surface area contributed by atoms with E-state index in [0.717, 1.165) is 47.9 Å². The molecule has 0 radical (unpaired) electrons. The molecule has 0 bridgehead atoms. The molecular formula is C33H33N3O7. The molecule has 3 aromatic carbocycles. The van der Waals surface area contributed by atoms with Crippen LogP contribution < -0.4 is 10.1 Å². The molecule has 2 atom stereocenters. The number of nitrogens with one attached hydrogen (secondary N) is 1. The summed E-state index contributed by atoms with van der Waals surface area (Å²) in [6.07, 6.45) is 3.51. The second-order valence-electron chi connectivity index (χ2n) is 10.5. The van der Waals surface area contributed by atoms with Crippen LogP contribution in [0.1, 0.15) is 57.7 Å². The van der Waals surface area contributed by atoms with Crippen LogP contribution in [-0.4, -0.2) is 50.0 Å². The van der Waals surface area contributed by atoms with Gasteiger partial charge in [0.05, 0.1) is 24.3 Å². The fourth-order valence-corrected chi connectivity index (χ4v) is 5.23. The van der Waals surface area contributed by atoms with Gasteiger partial charge in [0, 0.05) is 6.07 Å². The van der Waals surface area contributed by atoms with Crippen molar-refractivity contribution >= 4 is 17.8 Å². The average molecular weight is 584 g/mol. The zero-order valence-corrected chi connectivity index (χ0v) is 23.5. The van der Waals surface area contributed by atoms with Crippen LogP contribution in [0, 0.1) is 0 Å². The van der Waals surface area contributed by atoms with Gasteiger partial charge >= 0.3 is 11.9 Å². The van der Waals surface area contributed by atoms with Crippen LogP contribution in [0.3, 0.4) is 0 Å². The Labute approximate surface area is 248 Å². The molecule has 43 heavy (non-hydrogen) atoms. The summed E-state index contributed by atoms with van der Waals surface area (Å²) in [6.45, 7) is 0.312. The molecule has 1 aromatic heterocycles. The molecule has 1 aliphatic carbocycles. The van der Waals surface area contributed by atoms with Crippen LogP contribution >= 0.6 is 0 Å². The summed E-state index contributed by atoms with van der Waals surface area (Å²) in [5.41, 5.74) is 3.45. The van der Waals surface area contributed by atoms with Gasteiger partial charge in [-0.25, -0.2) is 14.3 Å². The molecule has 5 rings (SSSR count). The first-order valence-corrected chi connectivity index (χ1v) is 14.2. The second-order valence-corrected chi connectivity index (χ2v) is 10.5. The molecule has 2 unspecified atom stereocenters. The Bertz CT molecular complexity index is 1570. The Hall–Kier alpha value is -4.96. The number of aromatic nitrogens is 2. The lowest BCUT2D eigenvalue weighted by atomic mass is 9.92. The van der Waals surface area contributed by atoms with Gasteiger partial charge in [-0.15, -0.1) is 0 Å². The van der Waals surface area contributed by atoms with Crippen LogP contribution in [0.25, 0.3) is 11.1 Å². The van der Waals surface area contributed by atoms with Gasteiger partial charge in [-0.3, -0.25) is 4.79 Å². The highest BCUT2D eigenvalue weighted by Crippen LogP contribution is 2.26. The molecule has 3 N–H and O–H groups in total. The van der Waals surface area contributed by atoms with E-state index < -0.39 is 11.9 Å². The first-order chi connectivity index (χ1) is 20.9. The molecule has 1 aliphatic rings. The van der Waals surface area contributed by atoms with Crippen LogP contribution in [0.15, 0.2) is 84.9 Å². The van der Waals surface area contributed by atoms with Gasteiger partial charge in [0.2, 0.25) is 11.8 Å². The highest BCUT2D eigenvalue weighted by atomic mass is 16.5. The van der Waals surface area contributed by atoms with E-state index in [1.807, 2.05) is 54.6 Å². The zero-order valence-electron chi connectivity index (χ0n) is 23.5. The Morgan fingerprint density at radius 3 is 2.33 bits per heavy atom. The number of aromatic carboxylic acids is 2.